The van der Waals surface area contributed by atoms with Gasteiger partial charge in [0.25, 0.3) is 0 Å². The summed E-state index contributed by atoms with van der Waals surface area (Å²) in [7, 11) is 1.50. The number of aromatic nitrogens is 3. The summed E-state index contributed by atoms with van der Waals surface area (Å²) in [6.45, 7) is 9.28. The Balaban J connectivity index is 2.69. The lowest BCUT2D eigenvalue weighted by Crippen LogP contribution is -2.35. The molecule has 19 heavy (non-hydrogen) atoms. The van der Waals surface area contributed by atoms with Crippen molar-refractivity contribution in [3.05, 3.63) is 0 Å². The van der Waals surface area contributed by atoms with Crippen LogP contribution in [0.4, 0.5) is 11.9 Å². The first kappa shape index (κ1) is 15.4. The molecule has 4 N–H and O–H groups in total. The average Bonchev–Trinajstić information content (AvgIpc) is 2.44. The number of anilines is 2. The number of likely N-dealkylation sites (N-methyl/N-ethyl adjacent to an activating group) is 1. The molecule has 0 saturated heterocycles. The van der Waals surface area contributed by atoms with Gasteiger partial charge in [-0.05, 0) is 20.0 Å². The molecule has 0 bridgehead atoms. The van der Waals surface area contributed by atoms with E-state index in [-0.39, 0.29) is 18.0 Å². The summed E-state index contributed by atoms with van der Waals surface area (Å²) < 4.78 is 4.99. The zero-order chi connectivity index (χ0) is 14.3. The van der Waals surface area contributed by atoms with Crippen LogP contribution in [-0.2, 0) is 0 Å². The molecular weight excluding hydrogens is 246 g/mol. The van der Waals surface area contributed by atoms with Crippen molar-refractivity contribution >= 4 is 11.9 Å². The predicted molar refractivity (Wildman–Crippen MR) is 75.1 cm³/mol. The standard InChI is InChI=1S/C11H23N7O/c1-5-18(6-2)7-8(3)13-9-14-10(17-12)16-11(15-9)19-4/h8H,5-7,12H2,1-4H3,(H2,13,14,15,16,17). The quantitative estimate of drug-likeness (QED) is 0.458. The maximum absolute atomic E-state index is 5.30. The highest BCUT2D eigenvalue weighted by atomic mass is 16.5. The summed E-state index contributed by atoms with van der Waals surface area (Å²) in [5, 5.41) is 3.21. The summed E-state index contributed by atoms with van der Waals surface area (Å²) in [4.78, 5) is 14.5. The Morgan fingerprint density at radius 1 is 1.21 bits per heavy atom. The highest BCUT2D eigenvalue weighted by Gasteiger charge is 2.11. The van der Waals surface area contributed by atoms with Gasteiger partial charge in [0.15, 0.2) is 0 Å². The van der Waals surface area contributed by atoms with Gasteiger partial charge in [-0.25, -0.2) is 5.84 Å². The van der Waals surface area contributed by atoms with E-state index in [1.165, 1.54) is 7.11 Å². The first-order valence-electron chi connectivity index (χ1n) is 6.38. The van der Waals surface area contributed by atoms with Crippen LogP contribution < -0.4 is 21.3 Å². The molecule has 0 amide bonds. The van der Waals surface area contributed by atoms with Crippen LogP contribution in [-0.4, -0.2) is 52.6 Å². The molecule has 0 aromatic carbocycles. The molecule has 0 fully saturated rings. The van der Waals surface area contributed by atoms with E-state index in [1.54, 1.807) is 0 Å². The van der Waals surface area contributed by atoms with Crippen molar-refractivity contribution in [2.45, 2.75) is 26.8 Å². The maximum atomic E-state index is 5.30. The van der Waals surface area contributed by atoms with Crippen LogP contribution in [0.25, 0.3) is 0 Å². The fourth-order valence-electron chi connectivity index (χ4n) is 1.71. The lowest BCUT2D eigenvalue weighted by atomic mass is 10.3. The van der Waals surface area contributed by atoms with E-state index in [4.69, 9.17) is 10.6 Å². The van der Waals surface area contributed by atoms with Gasteiger partial charge in [-0.3, -0.25) is 5.43 Å². The number of methoxy groups -OCH3 is 1. The second-order valence-electron chi connectivity index (χ2n) is 4.14. The zero-order valence-corrected chi connectivity index (χ0v) is 12.0. The van der Waals surface area contributed by atoms with Gasteiger partial charge in [0.05, 0.1) is 7.11 Å². The fraction of sp³-hybridized carbons (Fsp3) is 0.727. The van der Waals surface area contributed by atoms with Crippen LogP contribution in [0.5, 0.6) is 6.01 Å². The zero-order valence-electron chi connectivity index (χ0n) is 12.0. The predicted octanol–water partition coefficient (Wildman–Crippen LogP) is 0.308. The number of hydrazine groups is 1. The van der Waals surface area contributed by atoms with Crippen LogP contribution in [0.2, 0.25) is 0 Å². The van der Waals surface area contributed by atoms with Gasteiger partial charge in [0.2, 0.25) is 11.9 Å². The van der Waals surface area contributed by atoms with Gasteiger partial charge in [0, 0.05) is 12.6 Å². The summed E-state index contributed by atoms with van der Waals surface area (Å²) in [5.74, 6) is 6.01. The molecule has 0 aliphatic heterocycles. The molecule has 1 heterocycles. The Morgan fingerprint density at radius 2 is 1.84 bits per heavy atom. The van der Waals surface area contributed by atoms with Crippen molar-refractivity contribution in [1.29, 1.82) is 0 Å². The number of rotatable bonds is 8. The van der Waals surface area contributed by atoms with Gasteiger partial charge in [-0.15, -0.1) is 0 Å². The molecule has 0 spiro atoms. The smallest absolute Gasteiger partial charge is 0.322 e. The van der Waals surface area contributed by atoms with E-state index in [1.807, 2.05) is 0 Å². The minimum Gasteiger partial charge on any atom is -0.467 e. The van der Waals surface area contributed by atoms with Crippen molar-refractivity contribution in [2.75, 3.05) is 37.5 Å². The Bertz CT molecular complexity index is 361. The van der Waals surface area contributed by atoms with Gasteiger partial charge in [-0.2, -0.15) is 15.0 Å². The third kappa shape index (κ3) is 4.84. The van der Waals surface area contributed by atoms with Crippen LogP contribution in [0.1, 0.15) is 20.8 Å². The minimum atomic E-state index is 0.206. The summed E-state index contributed by atoms with van der Waals surface area (Å²) >= 11 is 0. The molecule has 0 aliphatic carbocycles. The van der Waals surface area contributed by atoms with Crippen molar-refractivity contribution < 1.29 is 4.74 Å². The highest BCUT2D eigenvalue weighted by Crippen LogP contribution is 2.10. The average molecular weight is 269 g/mol. The van der Waals surface area contributed by atoms with Crippen molar-refractivity contribution in [3.63, 3.8) is 0 Å². The van der Waals surface area contributed by atoms with Crippen molar-refractivity contribution in [1.82, 2.24) is 19.9 Å². The van der Waals surface area contributed by atoms with E-state index in [9.17, 15) is 0 Å². The second-order valence-corrected chi connectivity index (χ2v) is 4.14. The first-order valence-corrected chi connectivity index (χ1v) is 6.38. The number of nitrogen functional groups attached to an aromatic ring is 1. The van der Waals surface area contributed by atoms with E-state index in [2.05, 4.69) is 51.4 Å². The lowest BCUT2D eigenvalue weighted by Gasteiger charge is -2.23. The molecule has 8 heteroatoms. The summed E-state index contributed by atoms with van der Waals surface area (Å²) in [5.41, 5.74) is 2.39. The monoisotopic (exact) mass is 269 g/mol. The molecule has 1 atom stereocenters. The Labute approximate surface area is 113 Å². The van der Waals surface area contributed by atoms with E-state index in [0.29, 0.717) is 5.95 Å². The molecule has 0 saturated carbocycles. The van der Waals surface area contributed by atoms with Gasteiger partial charge in [0.1, 0.15) is 0 Å². The molecule has 0 aliphatic rings. The molecular formula is C11H23N7O. The molecule has 1 aromatic heterocycles. The topological polar surface area (TPSA) is 101 Å². The van der Waals surface area contributed by atoms with E-state index < -0.39 is 0 Å². The van der Waals surface area contributed by atoms with Crippen molar-refractivity contribution in [2.24, 2.45) is 5.84 Å². The largest absolute Gasteiger partial charge is 0.467 e. The normalized spacial score (nSPS) is 12.3. The van der Waals surface area contributed by atoms with Gasteiger partial charge < -0.3 is 15.0 Å². The molecule has 1 rings (SSSR count). The van der Waals surface area contributed by atoms with Crippen LogP contribution in [0, 0.1) is 0 Å². The number of hydrogen-bond donors (Lipinski definition) is 3. The second kappa shape index (κ2) is 7.70. The van der Waals surface area contributed by atoms with Crippen LogP contribution >= 0.6 is 0 Å². The molecule has 1 aromatic rings. The van der Waals surface area contributed by atoms with E-state index >= 15 is 0 Å². The number of nitrogens with zero attached hydrogens (tertiary/aromatic N) is 4. The number of ether oxygens (including phenoxy) is 1. The fourth-order valence-corrected chi connectivity index (χ4v) is 1.71. The third-order valence-corrected chi connectivity index (χ3v) is 2.73. The molecule has 8 nitrogen and oxygen atoms in total. The number of nitrogens with one attached hydrogen (secondary N) is 2. The van der Waals surface area contributed by atoms with E-state index in [0.717, 1.165) is 19.6 Å². The minimum absolute atomic E-state index is 0.206. The molecule has 0 radical (unpaired) electrons. The Kier molecular flexibility index (Phi) is 6.23. The van der Waals surface area contributed by atoms with Gasteiger partial charge >= 0.3 is 6.01 Å². The Hall–Kier alpha value is -1.67. The van der Waals surface area contributed by atoms with Gasteiger partial charge in [-0.1, -0.05) is 13.8 Å². The number of nitrogens with two attached hydrogens (primary N) is 1. The maximum Gasteiger partial charge on any atom is 0.322 e. The first-order chi connectivity index (χ1) is 9.12. The number of hydrogen-bond acceptors (Lipinski definition) is 8. The highest BCUT2D eigenvalue weighted by molar-refractivity contribution is 5.35. The lowest BCUT2D eigenvalue weighted by molar-refractivity contribution is 0.294. The van der Waals surface area contributed by atoms with Crippen LogP contribution in [0.15, 0.2) is 0 Å². The Morgan fingerprint density at radius 3 is 2.37 bits per heavy atom. The van der Waals surface area contributed by atoms with Crippen molar-refractivity contribution in [3.8, 4) is 6.01 Å². The van der Waals surface area contributed by atoms with Crippen LogP contribution in [0.3, 0.4) is 0 Å². The molecule has 1 unspecified atom stereocenters. The molecule has 108 valence electrons. The third-order valence-electron chi connectivity index (χ3n) is 2.73. The SMILES string of the molecule is CCN(CC)CC(C)Nc1nc(NN)nc(OC)n1. The summed E-state index contributed by atoms with van der Waals surface area (Å²) in [6, 6.07) is 0.429. The summed E-state index contributed by atoms with van der Waals surface area (Å²) in [6.07, 6.45) is 0.